The fraction of sp³-hybridized carbons (Fsp3) is 0.357. The van der Waals surface area contributed by atoms with E-state index in [1.807, 2.05) is 0 Å². The van der Waals surface area contributed by atoms with Crippen LogP contribution in [0.25, 0.3) is 0 Å². The van der Waals surface area contributed by atoms with Gasteiger partial charge in [0.25, 0.3) is 0 Å². The fourth-order valence-corrected chi connectivity index (χ4v) is 91.6. The second-order valence-corrected chi connectivity index (χ2v) is 46.5. The second-order valence-electron chi connectivity index (χ2n) is 12.0. The summed E-state index contributed by atoms with van der Waals surface area (Å²) in [5.41, 5.74) is 0. The fourth-order valence-electron chi connectivity index (χ4n) is 8.37. The van der Waals surface area contributed by atoms with Crippen LogP contribution in [0.1, 0.15) is 0 Å². The van der Waals surface area contributed by atoms with Crippen LogP contribution in [-0.4, -0.2) is 42.6 Å². The van der Waals surface area contributed by atoms with Gasteiger partial charge in [0.05, 0.1) is 0 Å². The Bertz CT molecular complexity index is 895. The van der Waals surface area contributed by atoms with Gasteiger partial charge in [0.15, 0.2) is 0 Å². The van der Waals surface area contributed by atoms with Gasteiger partial charge in [-0.1, -0.05) is 0 Å². The molecule has 0 saturated carbocycles. The summed E-state index contributed by atoms with van der Waals surface area (Å²) in [6, 6.07) is 35.0. The predicted molar refractivity (Wildman–Crippen MR) is 157 cm³/mol. The average molecular weight is 582 g/mol. The van der Waals surface area contributed by atoms with Crippen LogP contribution in [0.4, 0.5) is 0 Å². The van der Waals surface area contributed by atoms with Crippen LogP contribution in [0.2, 0.25) is 56.4 Å². The topological polar surface area (TPSA) is 0 Å². The molecule has 3 aromatic carbocycles. The van der Waals surface area contributed by atoms with Crippen molar-refractivity contribution in [1.82, 2.24) is 0 Å². The molecule has 32 heavy (non-hydrogen) atoms. The maximum atomic E-state index is 2.77. The van der Waals surface area contributed by atoms with Crippen LogP contribution >= 0.6 is 0 Å². The summed E-state index contributed by atoms with van der Waals surface area (Å²) < 4.78 is 0.464. The zero-order valence-corrected chi connectivity index (χ0v) is 27.5. The molecule has 4 heteroatoms. The van der Waals surface area contributed by atoms with Gasteiger partial charge in [-0.15, -0.1) is 0 Å². The van der Waals surface area contributed by atoms with E-state index in [1.165, 1.54) is 0 Å². The molecule has 3 aromatic rings. The van der Waals surface area contributed by atoms with Crippen molar-refractivity contribution in [1.29, 1.82) is 0 Å². The summed E-state index contributed by atoms with van der Waals surface area (Å²) in [6.45, 7) is 16.4. The Labute approximate surface area is 204 Å². The summed E-state index contributed by atoms with van der Waals surface area (Å²) in [4.78, 5) is 8.30. The minimum absolute atomic E-state index is 0.464. The standard InChI is InChI=1S/C25H33Si3.3CH3.Sn/c1-26(2,22-16-10-7-11-17-22)25(27(3,4)23-18-12-8-13-19-23)28(5,6)24-20-14-9-15-21-24;;;;/h7-21H,1-6H3;3*1H3;. The molecular weight excluding hydrogens is 539 g/mol. The zero-order chi connectivity index (χ0) is 23.8. The van der Waals surface area contributed by atoms with Crippen molar-refractivity contribution in [2.24, 2.45) is 0 Å². The van der Waals surface area contributed by atoms with Crippen molar-refractivity contribution in [3.63, 3.8) is 0 Å². The quantitative estimate of drug-likeness (QED) is 0.279. The van der Waals surface area contributed by atoms with Gasteiger partial charge in [0.2, 0.25) is 0 Å². The Morgan fingerprint density at radius 1 is 0.438 bits per heavy atom. The van der Waals surface area contributed by atoms with Gasteiger partial charge in [0.1, 0.15) is 0 Å². The molecule has 0 aliphatic carbocycles. The monoisotopic (exact) mass is 582 g/mol. The predicted octanol–water partition coefficient (Wildman–Crippen LogP) is 6.53. The van der Waals surface area contributed by atoms with Gasteiger partial charge >= 0.3 is 206 Å². The normalized spacial score (nSPS) is 13.8. The maximum absolute atomic E-state index is 2.77. The van der Waals surface area contributed by atoms with E-state index in [0.717, 1.165) is 0 Å². The Balaban J connectivity index is 2.52. The van der Waals surface area contributed by atoms with Crippen LogP contribution in [0.15, 0.2) is 91.0 Å². The Morgan fingerprint density at radius 3 is 0.844 bits per heavy atom. The Hall–Kier alpha value is -0.891. The van der Waals surface area contributed by atoms with Crippen LogP contribution in [0.3, 0.4) is 0 Å². The van der Waals surface area contributed by atoms with Crippen molar-refractivity contribution in [2.75, 3.05) is 0 Å². The number of rotatable bonds is 7. The van der Waals surface area contributed by atoms with E-state index in [4.69, 9.17) is 0 Å². The first-order valence-electron chi connectivity index (χ1n) is 12.0. The van der Waals surface area contributed by atoms with Crippen LogP contribution in [-0.2, 0) is 0 Å². The van der Waals surface area contributed by atoms with Crippen molar-refractivity contribution in [3.8, 4) is 0 Å². The van der Waals surface area contributed by atoms with Crippen molar-refractivity contribution in [3.05, 3.63) is 91.0 Å². The first kappa shape index (κ1) is 25.7. The molecule has 0 fully saturated rings. The van der Waals surface area contributed by atoms with E-state index in [0.29, 0.717) is 2.30 Å². The van der Waals surface area contributed by atoms with E-state index < -0.39 is 42.6 Å². The van der Waals surface area contributed by atoms with Crippen molar-refractivity contribution >= 4 is 58.2 Å². The molecule has 0 bridgehead atoms. The molecule has 3 rings (SSSR count). The molecule has 0 N–H and O–H groups in total. The van der Waals surface area contributed by atoms with E-state index >= 15 is 0 Å². The van der Waals surface area contributed by atoms with Gasteiger partial charge in [-0.05, 0) is 0 Å². The zero-order valence-electron chi connectivity index (χ0n) is 21.7. The molecule has 0 aliphatic heterocycles. The third-order valence-electron chi connectivity index (χ3n) is 8.42. The summed E-state index contributed by atoms with van der Waals surface area (Å²) in [7, 11) is -5.74. The molecule has 0 unspecified atom stereocenters. The first-order chi connectivity index (χ1) is 14.8. The van der Waals surface area contributed by atoms with Gasteiger partial charge in [0, 0.05) is 0 Å². The van der Waals surface area contributed by atoms with Gasteiger partial charge < -0.3 is 0 Å². The molecule has 0 nitrogen and oxygen atoms in total. The summed E-state index contributed by atoms with van der Waals surface area (Å²) >= 11 is -2.66. The van der Waals surface area contributed by atoms with Gasteiger partial charge in [-0.25, -0.2) is 0 Å². The molecule has 0 aliphatic rings. The van der Waals surface area contributed by atoms with Crippen molar-refractivity contribution in [2.45, 2.75) is 56.4 Å². The molecule has 0 atom stereocenters. The average Bonchev–Trinajstić information content (AvgIpc) is 2.74. The summed E-state index contributed by atoms with van der Waals surface area (Å²) in [6.07, 6.45) is 0. The summed E-state index contributed by atoms with van der Waals surface area (Å²) in [5.74, 6) is 0. The minimum atomic E-state index is -2.66. The second kappa shape index (κ2) is 9.05. The summed E-state index contributed by atoms with van der Waals surface area (Å²) in [5, 5.41) is 4.96. The number of hydrogen-bond acceptors (Lipinski definition) is 0. The molecular formula is C28H42Si3Sn. The van der Waals surface area contributed by atoms with Crippen LogP contribution < -0.4 is 15.6 Å². The molecule has 0 spiro atoms. The molecule has 170 valence electrons. The van der Waals surface area contributed by atoms with Gasteiger partial charge in [-0.3, -0.25) is 0 Å². The Kier molecular flexibility index (Phi) is 7.27. The van der Waals surface area contributed by atoms with Crippen LogP contribution in [0, 0.1) is 0 Å². The third-order valence-corrected chi connectivity index (χ3v) is 68.2. The third kappa shape index (κ3) is 3.87. The van der Waals surface area contributed by atoms with E-state index in [9.17, 15) is 0 Å². The molecule has 0 amide bonds. The number of benzene rings is 3. The Morgan fingerprint density at radius 2 is 0.656 bits per heavy atom. The van der Waals surface area contributed by atoms with E-state index in [1.54, 1.807) is 15.6 Å². The molecule has 0 saturated heterocycles. The van der Waals surface area contributed by atoms with Gasteiger partial charge in [-0.2, -0.15) is 0 Å². The molecule has 0 aromatic heterocycles. The molecule has 0 radical (unpaired) electrons. The first-order valence-corrected chi connectivity index (χ1v) is 31.0. The molecule has 0 heterocycles. The number of hydrogen-bond donors (Lipinski definition) is 0. The van der Waals surface area contributed by atoms with Crippen LogP contribution in [0.5, 0.6) is 0 Å². The van der Waals surface area contributed by atoms with E-state index in [-0.39, 0.29) is 0 Å². The SMILES string of the molecule is C[Si](C)(c1ccccc1)[C]([Si](C)(C)c1ccccc1)([Si](C)(C)c1ccccc1)[Sn]([CH3])([CH3])[CH3]. The van der Waals surface area contributed by atoms with Crippen molar-refractivity contribution < 1.29 is 0 Å². The van der Waals surface area contributed by atoms with E-state index in [2.05, 4.69) is 145 Å².